The molecule has 2 rings (SSSR count). The zero-order chi connectivity index (χ0) is 13.3. The van der Waals surface area contributed by atoms with Crippen LogP contribution >= 0.6 is 11.6 Å². The summed E-state index contributed by atoms with van der Waals surface area (Å²) in [4.78, 5) is 0. The van der Waals surface area contributed by atoms with Gasteiger partial charge in [-0.1, -0.05) is 11.6 Å². The number of aliphatic hydroxyl groups is 1. The van der Waals surface area contributed by atoms with E-state index >= 15 is 0 Å². The molecule has 0 aliphatic heterocycles. The highest BCUT2D eigenvalue weighted by Gasteiger charge is 2.17. The topological polar surface area (TPSA) is 47.3 Å². The van der Waals surface area contributed by atoms with Crippen LogP contribution in [-0.2, 0) is 13.7 Å². The Labute approximate surface area is 109 Å². The van der Waals surface area contributed by atoms with Crippen molar-refractivity contribution in [2.75, 3.05) is 7.11 Å². The Morgan fingerprint density at radius 3 is 2.83 bits per heavy atom. The number of rotatable bonds is 3. The molecule has 0 radical (unpaired) electrons. The van der Waals surface area contributed by atoms with Gasteiger partial charge in [0, 0.05) is 18.2 Å². The van der Waals surface area contributed by atoms with Crippen molar-refractivity contribution in [2.24, 2.45) is 7.05 Å². The maximum absolute atomic E-state index is 14.0. The van der Waals surface area contributed by atoms with E-state index in [1.165, 1.54) is 30.1 Å². The Hall–Kier alpha value is -1.59. The summed E-state index contributed by atoms with van der Waals surface area (Å²) in [5, 5.41) is 13.4. The van der Waals surface area contributed by atoms with E-state index in [0.29, 0.717) is 22.6 Å². The number of aryl methyl sites for hydroxylation is 1. The Kier molecular flexibility index (Phi) is 3.54. The van der Waals surface area contributed by atoms with Crippen LogP contribution in [0.5, 0.6) is 5.75 Å². The van der Waals surface area contributed by atoms with Crippen molar-refractivity contribution in [3.8, 4) is 17.0 Å². The third kappa shape index (κ3) is 2.07. The van der Waals surface area contributed by atoms with Crippen molar-refractivity contribution in [3.63, 3.8) is 0 Å². The lowest BCUT2D eigenvalue weighted by Gasteiger charge is -2.10. The minimum Gasteiger partial charge on any atom is -0.495 e. The predicted molar refractivity (Wildman–Crippen MR) is 66.1 cm³/mol. The molecule has 0 unspecified atom stereocenters. The van der Waals surface area contributed by atoms with Crippen molar-refractivity contribution < 1.29 is 14.2 Å². The fourth-order valence-electron chi connectivity index (χ4n) is 1.81. The Bertz CT molecular complexity index is 584. The molecule has 1 aromatic carbocycles. The molecule has 96 valence electrons. The lowest BCUT2D eigenvalue weighted by molar-refractivity contribution is 0.282. The second kappa shape index (κ2) is 4.96. The number of nitrogens with zero attached hydrogens (tertiary/aromatic N) is 2. The van der Waals surface area contributed by atoms with Gasteiger partial charge in [0.25, 0.3) is 0 Å². The minimum absolute atomic E-state index is 0.200. The molecule has 18 heavy (non-hydrogen) atoms. The number of methoxy groups -OCH3 is 1. The Balaban J connectivity index is 2.66. The lowest BCUT2D eigenvalue weighted by atomic mass is 10.1. The minimum atomic E-state index is -0.487. The molecule has 6 heteroatoms. The first-order valence-corrected chi connectivity index (χ1v) is 5.61. The van der Waals surface area contributed by atoms with Gasteiger partial charge in [0.15, 0.2) is 0 Å². The van der Waals surface area contributed by atoms with Crippen molar-refractivity contribution in [3.05, 3.63) is 34.7 Å². The van der Waals surface area contributed by atoms with E-state index < -0.39 is 5.82 Å². The highest BCUT2D eigenvalue weighted by atomic mass is 35.5. The van der Waals surface area contributed by atoms with Crippen molar-refractivity contribution >= 4 is 11.6 Å². The van der Waals surface area contributed by atoms with E-state index in [-0.39, 0.29) is 11.6 Å². The number of aliphatic hydroxyl groups excluding tert-OH is 1. The second-order valence-electron chi connectivity index (χ2n) is 3.77. The van der Waals surface area contributed by atoms with Crippen LogP contribution in [0.25, 0.3) is 11.3 Å². The van der Waals surface area contributed by atoms with Crippen LogP contribution in [0.15, 0.2) is 18.3 Å². The normalized spacial score (nSPS) is 10.7. The van der Waals surface area contributed by atoms with E-state index in [4.69, 9.17) is 16.3 Å². The summed E-state index contributed by atoms with van der Waals surface area (Å²) in [7, 11) is 3.13. The molecule has 0 aliphatic rings. The SMILES string of the molecule is COc1cc(-c2c(CO)cnn2C)c(F)cc1Cl. The Morgan fingerprint density at radius 1 is 1.50 bits per heavy atom. The highest BCUT2D eigenvalue weighted by molar-refractivity contribution is 6.32. The molecule has 4 nitrogen and oxygen atoms in total. The molecule has 1 aromatic heterocycles. The molecule has 0 aliphatic carbocycles. The molecule has 0 saturated heterocycles. The number of halogens is 2. The third-order valence-corrected chi connectivity index (χ3v) is 2.98. The summed E-state index contributed by atoms with van der Waals surface area (Å²) in [5.74, 6) is -0.114. The van der Waals surface area contributed by atoms with Gasteiger partial charge in [0.1, 0.15) is 11.6 Å². The molecule has 0 fully saturated rings. The molecule has 0 bridgehead atoms. The molecule has 0 amide bonds. The number of aromatic nitrogens is 2. The second-order valence-corrected chi connectivity index (χ2v) is 4.17. The molecule has 1 heterocycles. The largest absolute Gasteiger partial charge is 0.495 e. The first kappa shape index (κ1) is 12.9. The van der Waals surface area contributed by atoms with Gasteiger partial charge in [-0.2, -0.15) is 5.10 Å². The van der Waals surface area contributed by atoms with Crippen LogP contribution in [0.4, 0.5) is 4.39 Å². The molecule has 2 aromatic rings. The summed E-state index contributed by atoms with van der Waals surface area (Å²) >= 11 is 5.84. The predicted octanol–water partition coefficient (Wildman–Crippen LogP) is 2.38. The van der Waals surface area contributed by atoms with Crippen LogP contribution < -0.4 is 4.74 Å². The van der Waals surface area contributed by atoms with Crippen molar-refractivity contribution in [1.29, 1.82) is 0 Å². The van der Waals surface area contributed by atoms with Crippen LogP contribution in [0.2, 0.25) is 5.02 Å². The van der Waals surface area contributed by atoms with Gasteiger partial charge in [-0.3, -0.25) is 4.68 Å². The maximum Gasteiger partial charge on any atom is 0.138 e. The molecule has 0 saturated carbocycles. The van der Waals surface area contributed by atoms with Gasteiger partial charge >= 0.3 is 0 Å². The van der Waals surface area contributed by atoms with E-state index in [1.54, 1.807) is 7.05 Å². The fraction of sp³-hybridized carbons (Fsp3) is 0.250. The van der Waals surface area contributed by atoms with Crippen molar-refractivity contribution in [2.45, 2.75) is 6.61 Å². The first-order valence-electron chi connectivity index (χ1n) is 5.23. The number of hydrogen-bond donors (Lipinski definition) is 1. The van der Waals surface area contributed by atoms with Gasteiger partial charge in [-0.05, 0) is 12.1 Å². The van der Waals surface area contributed by atoms with Gasteiger partial charge in [0.05, 0.1) is 30.6 Å². The Morgan fingerprint density at radius 2 is 2.22 bits per heavy atom. The molecule has 0 atom stereocenters. The van der Waals surface area contributed by atoms with E-state index in [1.807, 2.05) is 0 Å². The molecular weight excluding hydrogens is 259 g/mol. The summed E-state index contributed by atoms with van der Waals surface area (Å²) in [6.45, 7) is -0.215. The molecule has 0 spiro atoms. The van der Waals surface area contributed by atoms with Crippen LogP contribution in [0.3, 0.4) is 0 Å². The average molecular weight is 271 g/mol. The van der Waals surface area contributed by atoms with Gasteiger partial charge in [-0.25, -0.2) is 4.39 Å². The average Bonchev–Trinajstić information content (AvgIpc) is 2.71. The lowest BCUT2D eigenvalue weighted by Crippen LogP contribution is -1.99. The van der Waals surface area contributed by atoms with E-state index in [0.717, 1.165) is 0 Å². The highest BCUT2D eigenvalue weighted by Crippen LogP contribution is 2.34. The molecular formula is C12H12ClFN2O2. The standard InChI is InChI=1S/C12H12ClFN2O2/c1-16-12(7(6-17)5-15-16)8-3-11(18-2)9(13)4-10(8)14/h3-5,17H,6H2,1-2H3. The maximum atomic E-state index is 14.0. The summed E-state index contributed by atoms with van der Waals surface area (Å²) in [6.07, 6.45) is 1.50. The van der Waals surface area contributed by atoms with Gasteiger partial charge < -0.3 is 9.84 Å². The van der Waals surface area contributed by atoms with Crippen LogP contribution in [0, 0.1) is 5.82 Å². The summed E-state index contributed by atoms with van der Waals surface area (Å²) in [6, 6.07) is 2.68. The summed E-state index contributed by atoms with van der Waals surface area (Å²) in [5.41, 5.74) is 1.34. The zero-order valence-electron chi connectivity index (χ0n) is 9.94. The van der Waals surface area contributed by atoms with Gasteiger partial charge in [-0.15, -0.1) is 0 Å². The number of benzene rings is 1. The number of ether oxygens (including phenoxy) is 1. The van der Waals surface area contributed by atoms with Gasteiger partial charge in [0.2, 0.25) is 0 Å². The fourth-order valence-corrected chi connectivity index (χ4v) is 2.04. The number of hydrogen-bond acceptors (Lipinski definition) is 3. The smallest absolute Gasteiger partial charge is 0.138 e. The van der Waals surface area contributed by atoms with Crippen LogP contribution in [-0.4, -0.2) is 22.0 Å². The van der Waals surface area contributed by atoms with E-state index in [2.05, 4.69) is 5.10 Å². The summed E-state index contributed by atoms with van der Waals surface area (Å²) < 4.78 is 20.5. The monoisotopic (exact) mass is 270 g/mol. The first-order chi connectivity index (χ1) is 8.58. The van der Waals surface area contributed by atoms with E-state index in [9.17, 15) is 9.50 Å². The molecule has 1 N–H and O–H groups in total. The van der Waals surface area contributed by atoms with Crippen LogP contribution in [0.1, 0.15) is 5.56 Å². The third-order valence-electron chi connectivity index (χ3n) is 2.68. The van der Waals surface area contributed by atoms with Crippen molar-refractivity contribution in [1.82, 2.24) is 9.78 Å². The zero-order valence-corrected chi connectivity index (χ0v) is 10.7. The quantitative estimate of drug-likeness (QED) is 0.931.